The number of hydrogen-bond acceptors (Lipinski definition) is 2. The van der Waals surface area contributed by atoms with Crippen LogP contribution in [-0.4, -0.2) is 5.11 Å². The van der Waals surface area contributed by atoms with Gasteiger partial charge in [-0.3, -0.25) is 0 Å². The highest BCUT2D eigenvalue weighted by Crippen LogP contribution is 2.26. The van der Waals surface area contributed by atoms with Gasteiger partial charge in [-0.1, -0.05) is 17.7 Å². The topological polar surface area (TPSA) is 20.2 Å². The van der Waals surface area contributed by atoms with Crippen molar-refractivity contribution in [3.63, 3.8) is 0 Å². The molecule has 1 N–H and O–H groups in total. The standard InChI is InChI=1S/C13H12ClFOS/c1-8-4-10(7-17-8)13(16)5-9-2-3-11(15)6-12(9)14/h2-4,6-7,13,16H,5H2,1H3. The third kappa shape index (κ3) is 3.06. The zero-order chi connectivity index (χ0) is 12.4. The lowest BCUT2D eigenvalue weighted by atomic mass is 10.0. The SMILES string of the molecule is Cc1cc(C(O)Cc2ccc(F)cc2Cl)cs1. The molecular weight excluding hydrogens is 259 g/mol. The molecule has 1 aromatic heterocycles. The Bertz CT molecular complexity index is 524. The summed E-state index contributed by atoms with van der Waals surface area (Å²) in [7, 11) is 0. The summed E-state index contributed by atoms with van der Waals surface area (Å²) in [6, 6.07) is 6.18. The van der Waals surface area contributed by atoms with Crippen LogP contribution in [-0.2, 0) is 6.42 Å². The molecule has 0 aliphatic heterocycles. The minimum absolute atomic E-state index is 0.357. The monoisotopic (exact) mass is 270 g/mol. The van der Waals surface area contributed by atoms with Gasteiger partial charge in [0.15, 0.2) is 0 Å². The molecule has 0 radical (unpaired) electrons. The summed E-state index contributed by atoms with van der Waals surface area (Å²) in [6.07, 6.45) is -0.196. The molecule has 1 aromatic carbocycles. The molecule has 0 bridgehead atoms. The highest BCUT2D eigenvalue weighted by Gasteiger charge is 2.12. The number of benzene rings is 1. The van der Waals surface area contributed by atoms with Crippen LogP contribution in [0.3, 0.4) is 0 Å². The Labute approximate surface area is 108 Å². The van der Waals surface area contributed by atoms with E-state index in [0.717, 1.165) is 16.0 Å². The number of rotatable bonds is 3. The quantitative estimate of drug-likeness (QED) is 0.889. The fourth-order valence-electron chi connectivity index (χ4n) is 1.65. The zero-order valence-corrected chi connectivity index (χ0v) is 10.9. The summed E-state index contributed by atoms with van der Waals surface area (Å²) < 4.78 is 12.9. The summed E-state index contributed by atoms with van der Waals surface area (Å²) in [5, 5.41) is 12.3. The van der Waals surface area contributed by atoms with Gasteiger partial charge in [0.25, 0.3) is 0 Å². The molecule has 0 saturated heterocycles. The smallest absolute Gasteiger partial charge is 0.124 e. The molecular formula is C13H12ClFOS. The molecule has 0 spiro atoms. The van der Waals surface area contributed by atoms with E-state index in [-0.39, 0.29) is 5.82 Å². The molecule has 0 aliphatic rings. The Hall–Kier alpha value is -0.900. The van der Waals surface area contributed by atoms with E-state index >= 15 is 0 Å². The largest absolute Gasteiger partial charge is 0.388 e. The van der Waals surface area contributed by atoms with E-state index in [1.807, 2.05) is 18.4 Å². The van der Waals surface area contributed by atoms with Crippen LogP contribution in [0.25, 0.3) is 0 Å². The summed E-state index contributed by atoms with van der Waals surface area (Å²) in [5.74, 6) is -0.361. The zero-order valence-electron chi connectivity index (χ0n) is 9.28. The lowest BCUT2D eigenvalue weighted by Crippen LogP contribution is -2.01. The van der Waals surface area contributed by atoms with Gasteiger partial charge < -0.3 is 5.11 Å². The Balaban J connectivity index is 2.15. The van der Waals surface area contributed by atoms with E-state index in [9.17, 15) is 9.50 Å². The second-order valence-electron chi connectivity index (χ2n) is 3.95. The van der Waals surface area contributed by atoms with Crippen LogP contribution in [0, 0.1) is 12.7 Å². The fourth-order valence-corrected chi connectivity index (χ4v) is 2.65. The van der Waals surface area contributed by atoms with Gasteiger partial charge in [0.05, 0.1) is 6.10 Å². The van der Waals surface area contributed by atoms with Gasteiger partial charge >= 0.3 is 0 Å². The summed E-state index contributed by atoms with van der Waals surface area (Å²) in [5.41, 5.74) is 1.64. The summed E-state index contributed by atoms with van der Waals surface area (Å²) in [6.45, 7) is 1.99. The van der Waals surface area contributed by atoms with Crippen LogP contribution >= 0.6 is 22.9 Å². The van der Waals surface area contributed by atoms with Crippen molar-refractivity contribution in [2.24, 2.45) is 0 Å². The molecule has 1 nitrogen and oxygen atoms in total. The number of halogens is 2. The Morgan fingerprint density at radius 3 is 2.76 bits per heavy atom. The average molecular weight is 271 g/mol. The van der Waals surface area contributed by atoms with Gasteiger partial charge in [-0.2, -0.15) is 0 Å². The van der Waals surface area contributed by atoms with Crippen LogP contribution in [0.5, 0.6) is 0 Å². The highest BCUT2D eigenvalue weighted by molar-refractivity contribution is 7.10. The normalized spacial score (nSPS) is 12.7. The first-order valence-electron chi connectivity index (χ1n) is 5.23. The van der Waals surface area contributed by atoms with Gasteiger partial charge in [-0.15, -0.1) is 11.3 Å². The molecule has 1 unspecified atom stereocenters. The van der Waals surface area contributed by atoms with Crippen molar-refractivity contribution in [1.29, 1.82) is 0 Å². The van der Waals surface area contributed by atoms with Gasteiger partial charge in [0, 0.05) is 16.3 Å². The molecule has 2 aromatic rings. The number of aryl methyl sites for hydroxylation is 1. The third-order valence-electron chi connectivity index (χ3n) is 2.56. The molecule has 0 amide bonds. The van der Waals surface area contributed by atoms with Crippen molar-refractivity contribution < 1.29 is 9.50 Å². The predicted octanol–water partition coefficient (Wildman–Crippen LogP) is 4.13. The van der Waals surface area contributed by atoms with Crippen molar-refractivity contribution >= 4 is 22.9 Å². The number of thiophene rings is 1. The maximum atomic E-state index is 12.9. The van der Waals surface area contributed by atoms with Crippen LogP contribution < -0.4 is 0 Å². The molecule has 4 heteroatoms. The fraction of sp³-hybridized carbons (Fsp3) is 0.231. The minimum atomic E-state index is -0.595. The number of aliphatic hydroxyl groups is 1. The molecule has 0 aliphatic carbocycles. The third-order valence-corrected chi connectivity index (χ3v) is 3.80. The number of hydrogen-bond donors (Lipinski definition) is 1. The summed E-state index contributed by atoms with van der Waals surface area (Å²) >= 11 is 7.51. The lowest BCUT2D eigenvalue weighted by molar-refractivity contribution is 0.179. The van der Waals surface area contributed by atoms with Crippen molar-refractivity contribution in [1.82, 2.24) is 0 Å². The van der Waals surface area contributed by atoms with E-state index in [1.165, 1.54) is 12.1 Å². The van der Waals surface area contributed by atoms with E-state index in [4.69, 9.17) is 11.6 Å². The van der Waals surface area contributed by atoms with Crippen molar-refractivity contribution in [2.45, 2.75) is 19.4 Å². The van der Waals surface area contributed by atoms with Gasteiger partial charge in [0.1, 0.15) is 5.82 Å². The van der Waals surface area contributed by atoms with Crippen molar-refractivity contribution in [2.75, 3.05) is 0 Å². The van der Waals surface area contributed by atoms with Crippen LogP contribution in [0.15, 0.2) is 29.6 Å². The summed E-state index contributed by atoms with van der Waals surface area (Å²) in [4.78, 5) is 1.16. The van der Waals surface area contributed by atoms with Crippen LogP contribution in [0.2, 0.25) is 5.02 Å². The Morgan fingerprint density at radius 1 is 1.41 bits per heavy atom. The molecule has 17 heavy (non-hydrogen) atoms. The van der Waals surface area contributed by atoms with Crippen LogP contribution in [0.4, 0.5) is 4.39 Å². The Kier molecular flexibility index (Phi) is 3.82. The van der Waals surface area contributed by atoms with Crippen molar-refractivity contribution in [3.05, 3.63) is 56.5 Å². The Morgan fingerprint density at radius 2 is 2.18 bits per heavy atom. The molecule has 0 saturated carbocycles. The molecule has 90 valence electrons. The van der Waals surface area contributed by atoms with Crippen molar-refractivity contribution in [3.8, 4) is 0 Å². The second-order valence-corrected chi connectivity index (χ2v) is 5.47. The molecule has 1 atom stereocenters. The molecule has 2 rings (SSSR count). The average Bonchev–Trinajstić information content (AvgIpc) is 2.69. The van der Waals surface area contributed by atoms with E-state index in [0.29, 0.717) is 11.4 Å². The first kappa shape index (κ1) is 12.6. The lowest BCUT2D eigenvalue weighted by Gasteiger charge is -2.10. The molecule has 0 fully saturated rings. The minimum Gasteiger partial charge on any atom is -0.388 e. The second kappa shape index (κ2) is 5.17. The first-order valence-corrected chi connectivity index (χ1v) is 6.49. The van der Waals surface area contributed by atoms with E-state index in [2.05, 4.69) is 0 Å². The predicted molar refractivity (Wildman–Crippen MR) is 69.1 cm³/mol. The van der Waals surface area contributed by atoms with Gasteiger partial charge in [0.2, 0.25) is 0 Å². The maximum absolute atomic E-state index is 12.9. The maximum Gasteiger partial charge on any atom is 0.124 e. The highest BCUT2D eigenvalue weighted by atomic mass is 35.5. The molecule has 1 heterocycles. The van der Waals surface area contributed by atoms with E-state index in [1.54, 1.807) is 17.4 Å². The van der Waals surface area contributed by atoms with E-state index < -0.39 is 6.10 Å². The van der Waals surface area contributed by atoms with Crippen LogP contribution in [0.1, 0.15) is 22.1 Å². The van der Waals surface area contributed by atoms with Gasteiger partial charge in [-0.05, 0) is 41.6 Å². The first-order chi connectivity index (χ1) is 8.06. The van der Waals surface area contributed by atoms with Gasteiger partial charge in [-0.25, -0.2) is 4.39 Å². The number of aliphatic hydroxyl groups excluding tert-OH is 1.